The Morgan fingerprint density at radius 3 is 2.11 bits per heavy atom. The number of aromatic nitrogens is 1. The maximum absolute atomic E-state index is 13.6. The highest BCUT2D eigenvalue weighted by molar-refractivity contribution is 6.04. The lowest BCUT2D eigenvalue weighted by molar-refractivity contribution is -0.134. The van der Waals surface area contributed by atoms with E-state index in [0.29, 0.717) is 31.3 Å². The van der Waals surface area contributed by atoms with E-state index < -0.39 is 12.1 Å². The van der Waals surface area contributed by atoms with E-state index in [4.69, 9.17) is 14.7 Å². The van der Waals surface area contributed by atoms with Gasteiger partial charge < -0.3 is 20.3 Å². The van der Waals surface area contributed by atoms with Crippen LogP contribution in [0, 0.1) is 29.6 Å². The van der Waals surface area contributed by atoms with Crippen LogP contribution in [-0.2, 0) is 20.9 Å². The first-order valence-corrected chi connectivity index (χ1v) is 19.8. The lowest BCUT2D eigenvalue weighted by Crippen LogP contribution is -2.53. The Kier molecular flexibility index (Phi) is 10.5. The van der Waals surface area contributed by atoms with Gasteiger partial charge in [0.15, 0.2) is 0 Å². The minimum atomic E-state index is -0.645. The van der Waals surface area contributed by atoms with E-state index in [2.05, 4.69) is 64.1 Å². The van der Waals surface area contributed by atoms with Gasteiger partial charge in [-0.2, -0.15) is 0 Å². The number of pyridine rings is 1. The fourth-order valence-electron chi connectivity index (χ4n) is 9.62. The topological polar surface area (TPSA) is 125 Å². The molecule has 3 unspecified atom stereocenters. The van der Waals surface area contributed by atoms with E-state index in [1.165, 1.54) is 30.4 Å². The van der Waals surface area contributed by atoms with Crippen molar-refractivity contribution in [2.75, 3.05) is 13.7 Å². The van der Waals surface area contributed by atoms with Crippen molar-refractivity contribution in [3.63, 3.8) is 0 Å². The minimum absolute atomic E-state index is 0.00802. The summed E-state index contributed by atoms with van der Waals surface area (Å²) in [7, 11) is 1.31. The van der Waals surface area contributed by atoms with Crippen LogP contribution in [0.3, 0.4) is 0 Å². The Bertz CT molecular complexity index is 2050. The molecule has 10 heteroatoms. The summed E-state index contributed by atoms with van der Waals surface area (Å²) >= 11 is 0. The summed E-state index contributed by atoms with van der Waals surface area (Å²) in [5.74, 6) is 1.18. The second-order valence-electron chi connectivity index (χ2n) is 16.1. The number of nitrogens with zero attached hydrogens (tertiary/aromatic N) is 4. The fraction of sp³-hybridized carbons (Fsp3) is 0.422. The summed E-state index contributed by atoms with van der Waals surface area (Å²) in [5.41, 5.74) is 10.1. The number of alkyl carbamates (subject to hydrolysis) is 1. The number of methoxy groups -OCH3 is 1. The normalized spacial score (nSPS) is 24.7. The van der Waals surface area contributed by atoms with Gasteiger partial charge in [-0.3, -0.25) is 24.6 Å². The van der Waals surface area contributed by atoms with Crippen molar-refractivity contribution in [3.05, 3.63) is 102 Å². The van der Waals surface area contributed by atoms with Gasteiger partial charge in [-0.1, -0.05) is 68.4 Å². The summed E-state index contributed by atoms with van der Waals surface area (Å²) in [6.45, 7) is 5.01. The molecule has 5 aliphatic rings. The number of fused-ring (bicyclic) bond motifs is 2. The average molecular weight is 739 g/mol. The second kappa shape index (κ2) is 15.8. The van der Waals surface area contributed by atoms with Gasteiger partial charge in [0, 0.05) is 74.0 Å². The van der Waals surface area contributed by atoms with Gasteiger partial charge in [-0.25, -0.2) is 4.79 Å². The molecule has 3 aromatic rings. The first-order chi connectivity index (χ1) is 26.8. The molecule has 6 atom stereocenters. The van der Waals surface area contributed by atoms with Gasteiger partial charge in [0.05, 0.1) is 13.2 Å². The molecular formula is C45H50N6O4. The summed E-state index contributed by atoms with van der Waals surface area (Å²) < 4.78 is 4.78. The number of nitrogens with one attached hydrogen (secondary N) is 2. The van der Waals surface area contributed by atoms with Crippen LogP contribution < -0.4 is 10.6 Å². The molecule has 3 fully saturated rings. The quantitative estimate of drug-likeness (QED) is 0.211. The molecule has 284 valence electrons. The molecule has 1 saturated heterocycles. The highest BCUT2D eigenvalue weighted by atomic mass is 16.5. The number of likely N-dealkylation sites (tertiary alicyclic amines) is 1. The Balaban J connectivity index is 0.863. The number of carbonyl (C=O) groups is 3. The van der Waals surface area contributed by atoms with Crippen LogP contribution in [0.15, 0.2) is 95.4 Å². The van der Waals surface area contributed by atoms with E-state index in [-0.39, 0.29) is 35.6 Å². The standard InChI is InChI=1S/C45H50N6O4/c1-27(2)42(50-45(54)55-3)44(53)51-19-5-7-39(51)37-21-35(25-47-37)31-12-8-29(9-13-31)30-10-14-32(15-11-30)36-22-38(48-26-36)40-33-16-17-34(20-33)41(40)43(52)49-24-28-6-4-18-46-23-28/h4,6,8-15,18,23,25-27,33-34,39-42H,5,7,16-17,19-22,24H2,1-3H3,(H,49,52)(H,50,54)/t33?,34?,39-,40?,41+,42-/m0/s1. The average Bonchev–Trinajstić information content (AvgIpc) is 4.07. The fourth-order valence-corrected chi connectivity index (χ4v) is 9.62. The van der Waals surface area contributed by atoms with Crippen molar-refractivity contribution in [1.82, 2.24) is 20.5 Å². The highest BCUT2D eigenvalue weighted by Crippen LogP contribution is 2.54. The Morgan fingerprint density at radius 2 is 1.47 bits per heavy atom. The van der Waals surface area contributed by atoms with Crippen molar-refractivity contribution in [2.24, 2.45) is 39.6 Å². The van der Waals surface area contributed by atoms with Crippen LogP contribution in [0.1, 0.15) is 75.5 Å². The third kappa shape index (κ3) is 7.51. The van der Waals surface area contributed by atoms with Crippen LogP contribution in [0.4, 0.5) is 4.79 Å². The molecule has 0 spiro atoms. The molecule has 2 aliphatic carbocycles. The molecule has 10 nitrogen and oxygen atoms in total. The molecule has 2 aromatic carbocycles. The number of aliphatic imine (C=N–C) groups is 2. The zero-order valence-corrected chi connectivity index (χ0v) is 31.9. The number of benzene rings is 2. The van der Waals surface area contributed by atoms with Crippen molar-refractivity contribution in [2.45, 2.75) is 77.4 Å². The predicted octanol–water partition coefficient (Wildman–Crippen LogP) is 7.47. The largest absolute Gasteiger partial charge is 0.453 e. The van der Waals surface area contributed by atoms with Crippen LogP contribution in [0.5, 0.6) is 0 Å². The summed E-state index contributed by atoms with van der Waals surface area (Å²) in [5, 5.41) is 5.93. The number of carbonyl (C=O) groups excluding carboxylic acids is 3. The van der Waals surface area contributed by atoms with Gasteiger partial charge in [0.25, 0.3) is 0 Å². The Hall–Kier alpha value is -5.38. The molecule has 4 heterocycles. The molecule has 8 rings (SSSR count). The monoisotopic (exact) mass is 738 g/mol. The van der Waals surface area contributed by atoms with E-state index in [0.717, 1.165) is 65.6 Å². The third-order valence-electron chi connectivity index (χ3n) is 12.5. The third-order valence-corrected chi connectivity index (χ3v) is 12.5. The molecule has 2 N–H and O–H groups in total. The van der Waals surface area contributed by atoms with Crippen LogP contribution in [0.2, 0.25) is 0 Å². The van der Waals surface area contributed by atoms with Gasteiger partial charge >= 0.3 is 6.09 Å². The smallest absolute Gasteiger partial charge is 0.407 e. The van der Waals surface area contributed by atoms with Crippen molar-refractivity contribution in [3.8, 4) is 11.1 Å². The molecule has 1 aromatic heterocycles. The Labute approximate surface area is 323 Å². The molecule has 3 amide bonds. The van der Waals surface area contributed by atoms with Crippen molar-refractivity contribution in [1.29, 1.82) is 0 Å². The van der Waals surface area contributed by atoms with Crippen LogP contribution in [0.25, 0.3) is 22.3 Å². The second-order valence-corrected chi connectivity index (χ2v) is 16.1. The van der Waals surface area contributed by atoms with Gasteiger partial charge in [-0.05, 0) is 94.9 Å². The summed E-state index contributed by atoms with van der Waals surface area (Å²) in [6, 6.07) is 20.5. The predicted molar refractivity (Wildman–Crippen MR) is 215 cm³/mol. The maximum atomic E-state index is 13.6. The van der Waals surface area contributed by atoms with Crippen molar-refractivity contribution < 1.29 is 19.1 Å². The van der Waals surface area contributed by atoms with E-state index in [1.54, 1.807) is 6.20 Å². The van der Waals surface area contributed by atoms with Crippen molar-refractivity contribution >= 4 is 40.5 Å². The van der Waals surface area contributed by atoms with E-state index >= 15 is 0 Å². The molecule has 0 radical (unpaired) electrons. The lowest BCUT2D eigenvalue weighted by atomic mass is 9.75. The van der Waals surface area contributed by atoms with Gasteiger partial charge in [0.1, 0.15) is 6.04 Å². The summed E-state index contributed by atoms with van der Waals surface area (Å²) in [6.07, 6.45) is 13.6. The lowest BCUT2D eigenvalue weighted by Gasteiger charge is -2.31. The van der Waals surface area contributed by atoms with Crippen LogP contribution in [-0.4, -0.2) is 65.0 Å². The number of hydrogen-bond acceptors (Lipinski definition) is 7. The molecule has 3 aliphatic heterocycles. The van der Waals surface area contributed by atoms with E-state index in [1.807, 2.05) is 49.5 Å². The zero-order chi connectivity index (χ0) is 38.1. The minimum Gasteiger partial charge on any atom is -0.453 e. The zero-order valence-electron chi connectivity index (χ0n) is 31.9. The Morgan fingerprint density at radius 1 is 0.836 bits per heavy atom. The number of amides is 3. The molecule has 2 bridgehead atoms. The maximum Gasteiger partial charge on any atom is 0.407 e. The first kappa shape index (κ1) is 36.6. The van der Waals surface area contributed by atoms with E-state index in [9.17, 15) is 14.4 Å². The molecule has 2 saturated carbocycles. The molecule has 55 heavy (non-hydrogen) atoms. The SMILES string of the molecule is COC(=O)N[C@H](C(=O)N1CCC[C@H]1C1=NC=C(c2ccc(-c3ccc(C4=CN=C(C5C6CCC(C6)[C@H]5C(=O)NCc5cccnc5)C4)cc3)cc2)C1)C(C)C. The number of hydrogen-bond donors (Lipinski definition) is 2. The number of allylic oxidation sites excluding steroid dienone is 2. The number of ether oxygens (including phenoxy) is 1. The van der Waals surface area contributed by atoms with Gasteiger partial charge in [-0.15, -0.1) is 0 Å². The first-order valence-electron chi connectivity index (χ1n) is 19.8. The summed E-state index contributed by atoms with van der Waals surface area (Å²) in [4.78, 5) is 54.9. The highest BCUT2D eigenvalue weighted by Gasteiger charge is 2.52. The van der Waals surface area contributed by atoms with Gasteiger partial charge in [0.2, 0.25) is 11.8 Å². The van der Waals surface area contributed by atoms with Crippen LogP contribution >= 0.6 is 0 Å². The number of rotatable bonds is 11. The molecular weight excluding hydrogens is 689 g/mol.